The molecule has 102 valence electrons. The molecule has 2 heteroatoms. The molecular formula is C17H24N2. The van der Waals surface area contributed by atoms with Crippen molar-refractivity contribution in [3.05, 3.63) is 55.1 Å². The van der Waals surface area contributed by atoms with Gasteiger partial charge in [-0.3, -0.25) is 0 Å². The maximum absolute atomic E-state index is 4.42. The largest absolute Gasteiger partial charge is 0.182 e. The molecule has 0 unspecified atom stereocenters. The van der Waals surface area contributed by atoms with Crippen LogP contribution in [0.5, 0.6) is 0 Å². The highest BCUT2D eigenvalue weighted by Crippen LogP contribution is 2.20. The van der Waals surface area contributed by atoms with Gasteiger partial charge < -0.3 is 0 Å². The van der Waals surface area contributed by atoms with Gasteiger partial charge in [0, 0.05) is 0 Å². The van der Waals surface area contributed by atoms with Crippen LogP contribution in [0.2, 0.25) is 0 Å². The standard InChI is InChI=1S/C17H24N2/c1-4-5-6-7-8-12-15-17(2,3)19-18-16-13-10-9-11-14-16/h4,8-14H,1,5-7,15H2,2-3H3. The Kier molecular flexibility index (Phi) is 6.80. The number of azo groups is 1. The second-order valence-corrected chi connectivity index (χ2v) is 5.24. The van der Waals surface area contributed by atoms with Gasteiger partial charge in [-0.15, -0.1) is 6.58 Å². The van der Waals surface area contributed by atoms with Crippen LogP contribution in [0.1, 0.15) is 39.5 Å². The number of rotatable bonds is 8. The average molecular weight is 256 g/mol. The second kappa shape index (κ2) is 8.41. The van der Waals surface area contributed by atoms with Gasteiger partial charge in [0.15, 0.2) is 0 Å². The Hall–Kier alpha value is -1.70. The maximum Gasteiger partial charge on any atom is 0.0852 e. The molecule has 1 aromatic carbocycles. The van der Waals surface area contributed by atoms with Crippen molar-refractivity contribution >= 4 is 5.69 Å². The molecule has 0 aliphatic rings. The summed E-state index contributed by atoms with van der Waals surface area (Å²) in [7, 11) is 0. The molecule has 0 saturated heterocycles. The van der Waals surface area contributed by atoms with Crippen LogP contribution in [-0.4, -0.2) is 5.54 Å². The minimum atomic E-state index is -0.148. The molecule has 0 bridgehead atoms. The Morgan fingerprint density at radius 2 is 1.84 bits per heavy atom. The zero-order chi connectivity index (χ0) is 14.0. The fraction of sp³-hybridized carbons (Fsp3) is 0.412. The third kappa shape index (κ3) is 7.35. The minimum absolute atomic E-state index is 0.148. The van der Waals surface area contributed by atoms with Gasteiger partial charge in [-0.05, 0) is 51.7 Å². The maximum atomic E-state index is 4.42. The molecule has 19 heavy (non-hydrogen) atoms. The predicted octanol–water partition coefficient (Wildman–Crippen LogP) is 5.85. The van der Waals surface area contributed by atoms with E-state index in [4.69, 9.17) is 0 Å². The Labute approximate surface area is 117 Å². The Morgan fingerprint density at radius 1 is 1.11 bits per heavy atom. The summed E-state index contributed by atoms with van der Waals surface area (Å²) in [6, 6.07) is 9.85. The molecule has 0 radical (unpaired) electrons. The highest BCUT2D eigenvalue weighted by atomic mass is 15.1. The average Bonchev–Trinajstić information content (AvgIpc) is 2.42. The van der Waals surface area contributed by atoms with Crippen molar-refractivity contribution in [3.8, 4) is 0 Å². The van der Waals surface area contributed by atoms with Crippen LogP contribution in [0.3, 0.4) is 0 Å². The first-order valence-corrected chi connectivity index (χ1v) is 6.88. The second-order valence-electron chi connectivity index (χ2n) is 5.24. The van der Waals surface area contributed by atoms with Crippen molar-refractivity contribution in [1.82, 2.24) is 0 Å². The van der Waals surface area contributed by atoms with Crippen molar-refractivity contribution in [2.75, 3.05) is 0 Å². The summed E-state index contributed by atoms with van der Waals surface area (Å²) in [5, 5.41) is 8.70. The lowest BCUT2D eigenvalue weighted by Crippen LogP contribution is -2.13. The number of allylic oxidation sites excluding steroid dienone is 2. The number of unbranched alkanes of at least 4 members (excludes halogenated alkanes) is 2. The van der Waals surface area contributed by atoms with Crippen LogP contribution >= 0.6 is 0 Å². The monoisotopic (exact) mass is 256 g/mol. The summed E-state index contributed by atoms with van der Waals surface area (Å²) in [6.07, 6.45) is 10.7. The lowest BCUT2D eigenvalue weighted by molar-refractivity contribution is 0.504. The predicted molar refractivity (Wildman–Crippen MR) is 82.8 cm³/mol. The zero-order valence-electron chi connectivity index (χ0n) is 12.0. The number of hydrogen-bond donors (Lipinski definition) is 0. The summed E-state index contributed by atoms with van der Waals surface area (Å²) in [6.45, 7) is 7.93. The van der Waals surface area contributed by atoms with Gasteiger partial charge in [0.25, 0.3) is 0 Å². The highest BCUT2D eigenvalue weighted by molar-refractivity contribution is 5.34. The minimum Gasteiger partial charge on any atom is -0.182 e. The van der Waals surface area contributed by atoms with Crippen LogP contribution in [0.4, 0.5) is 5.69 Å². The van der Waals surface area contributed by atoms with Crippen molar-refractivity contribution in [2.45, 2.75) is 45.1 Å². The van der Waals surface area contributed by atoms with Crippen molar-refractivity contribution in [2.24, 2.45) is 10.2 Å². The molecule has 0 spiro atoms. The quantitative estimate of drug-likeness (QED) is 0.316. The SMILES string of the molecule is C=CCCCC=CCC(C)(C)N=Nc1ccccc1. The Morgan fingerprint density at radius 3 is 2.53 bits per heavy atom. The van der Waals surface area contributed by atoms with E-state index in [1.807, 2.05) is 36.4 Å². The van der Waals surface area contributed by atoms with Gasteiger partial charge >= 0.3 is 0 Å². The van der Waals surface area contributed by atoms with Crippen LogP contribution in [-0.2, 0) is 0 Å². The van der Waals surface area contributed by atoms with Gasteiger partial charge in [0.1, 0.15) is 0 Å². The van der Waals surface area contributed by atoms with Crippen LogP contribution in [0, 0.1) is 0 Å². The van der Waals surface area contributed by atoms with E-state index in [0.29, 0.717) is 0 Å². The Bertz CT molecular complexity index is 416. The van der Waals surface area contributed by atoms with E-state index >= 15 is 0 Å². The van der Waals surface area contributed by atoms with E-state index in [1.165, 1.54) is 6.42 Å². The van der Waals surface area contributed by atoms with E-state index in [-0.39, 0.29) is 5.54 Å². The molecule has 0 atom stereocenters. The normalized spacial score (nSPS) is 12.3. The van der Waals surface area contributed by atoms with Gasteiger partial charge in [-0.2, -0.15) is 10.2 Å². The third-order valence-corrected chi connectivity index (χ3v) is 2.76. The van der Waals surface area contributed by atoms with E-state index in [1.54, 1.807) is 0 Å². The summed E-state index contributed by atoms with van der Waals surface area (Å²) < 4.78 is 0. The first-order valence-electron chi connectivity index (χ1n) is 6.88. The first-order chi connectivity index (χ1) is 9.14. The molecule has 0 aliphatic carbocycles. The van der Waals surface area contributed by atoms with Crippen molar-refractivity contribution < 1.29 is 0 Å². The molecule has 0 heterocycles. The molecule has 0 fully saturated rings. The van der Waals surface area contributed by atoms with Crippen molar-refractivity contribution in [1.29, 1.82) is 0 Å². The molecule has 0 aromatic heterocycles. The van der Waals surface area contributed by atoms with E-state index in [2.05, 4.69) is 42.8 Å². The van der Waals surface area contributed by atoms with E-state index in [9.17, 15) is 0 Å². The van der Waals surface area contributed by atoms with E-state index < -0.39 is 0 Å². The third-order valence-electron chi connectivity index (χ3n) is 2.76. The van der Waals surface area contributed by atoms with Crippen LogP contribution in [0.15, 0.2) is 65.4 Å². The smallest absolute Gasteiger partial charge is 0.0852 e. The first kappa shape index (κ1) is 15.4. The number of hydrogen-bond acceptors (Lipinski definition) is 2. The van der Waals surface area contributed by atoms with Gasteiger partial charge in [0.2, 0.25) is 0 Å². The van der Waals surface area contributed by atoms with Crippen molar-refractivity contribution in [3.63, 3.8) is 0 Å². The van der Waals surface area contributed by atoms with Gasteiger partial charge in [-0.25, -0.2) is 0 Å². The van der Waals surface area contributed by atoms with Crippen LogP contribution < -0.4 is 0 Å². The fourth-order valence-corrected chi connectivity index (χ4v) is 1.60. The number of nitrogens with zero attached hydrogens (tertiary/aromatic N) is 2. The summed E-state index contributed by atoms with van der Waals surface area (Å²) in [5.41, 5.74) is 0.760. The fourth-order valence-electron chi connectivity index (χ4n) is 1.60. The number of benzene rings is 1. The molecular weight excluding hydrogens is 232 g/mol. The summed E-state index contributed by atoms with van der Waals surface area (Å²) >= 11 is 0. The molecule has 0 amide bonds. The van der Waals surface area contributed by atoms with Gasteiger partial charge in [0.05, 0.1) is 11.2 Å². The highest BCUT2D eigenvalue weighted by Gasteiger charge is 2.13. The lowest BCUT2D eigenvalue weighted by atomic mass is 10.0. The Balaban J connectivity index is 2.39. The topological polar surface area (TPSA) is 24.7 Å². The molecule has 2 nitrogen and oxygen atoms in total. The molecule has 1 rings (SSSR count). The van der Waals surface area contributed by atoms with Crippen LogP contribution in [0.25, 0.3) is 0 Å². The molecule has 1 aromatic rings. The van der Waals surface area contributed by atoms with Gasteiger partial charge in [-0.1, -0.05) is 36.4 Å². The zero-order valence-corrected chi connectivity index (χ0v) is 12.0. The summed E-state index contributed by atoms with van der Waals surface area (Å²) in [4.78, 5) is 0. The molecule has 0 N–H and O–H groups in total. The lowest BCUT2D eigenvalue weighted by Gasteiger charge is -2.15. The molecule has 0 saturated carbocycles. The van der Waals surface area contributed by atoms with E-state index in [0.717, 1.165) is 24.9 Å². The molecule has 0 aliphatic heterocycles. The summed E-state index contributed by atoms with van der Waals surface area (Å²) in [5.74, 6) is 0.